The van der Waals surface area contributed by atoms with Crippen molar-refractivity contribution < 1.29 is 27.5 Å². The largest absolute Gasteiger partial charge is 0.484 e. The van der Waals surface area contributed by atoms with Gasteiger partial charge in [0.2, 0.25) is 0 Å². The molecule has 0 spiro atoms. The van der Waals surface area contributed by atoms with Crippen LogP contribution in [0, 0.1) is 5.92 Å². The van der Waals surface area contributed by atoms with Crippen LogP contribution >= 0.6 is 0 Å². The Kier molecular flexibility index (Phi) is 6.97. The van der Waals surface area contributed by atoms with E-state index < -0.39 is 12.8 Å². The number of benzene rings is 2. The number of carbonyl (C=O) groups excluding carboxylic acids is 2. The third kappa shape index (κ3) is 6.23. The number of alkyl halides is 3. The summed E-state index contributed by atoms with van der Waals surface area (Å²) in [5, 5.41) is 2.77. The van der Waals surface area contributed by atoms with Crippen LogP contribution in [0.1, 0.15) is 28.8 Å². The molecule has 2 aromatic carbocycles. The predicted octanol–water partition coefficient (Wildman–Crippen LogP) is 4.43. The summed E-state index contributed by atoms with van der Waals surface area (Å²) in [6.07, 6.45) is -3.21. The van der Waals surface area contributed by atoms with Gasteiger partial charge in [-0.2, -0.15) is 13.2 Å². The van der Waals surface area contributed by atoms with Crippen molar-refractivity contribution in [3.05, 3.63) is 65.7 Å². The van der Waals surface area contributed by atoms with Gasteiger partial charge in [-0.15, -0.1) is 0 Å². The average molecular weight is 420 g/mol. The zero-order valence-electron chi connectivity index (χ0n) is 16.3. The molecule has 160 valence electrons. The Morgan fingerprint density at radius 3 is 2.40 bits per heavy atom. The highest BCUT2D eigenvalue weighted by molar-refractivity contribution is 5.97. The van der Waals surface area contributed by atoms with Crippen molar-refractivity contribution in [2.75, 3.05) is 19.7 Å². The van der Waals surface area contributed by atoms with Crippen LogP contribution in [-0.2, 0) is 6.54 Å². The van der Waals surface area contributed by atoms with E-state index in [2.05, 4.69) is 5.32 Å². The van der Waals surface area contributed by atoms with Crippen molar-refractivity contribution in [1.29, 1.82) is 0 Å². The van der Waals surface area contributed by atoms with Crippen molar-refractivity contribution in [3.63, 3.8) is 0 Å². The summed E-state index contributed by atoms with van der Waals surface area (Å²) in [6, 6.07) is 15.0. The number of halogens is 3. The number of nitrogens with zero attached hydrogens (tertiary/aromatic N) is 1. The van der Waals surface area contributed by atoms with Crippen LogP contribution in [0.2, 0.25) is 0 Å². The third-order valence-corrected chi connectivity index (χ3v) is 4.96. The van der Waals surface area contributed by atoms with E-state index in [1.807, 2.05) is 18.2 Å². The Morgan fingerprint density at radius 2 is 1.73 bits per heavy atom. The molecule has 2 aromatic rings. The lowest BCUT2D eigenvalue weighted by molar-refractivity contribution is -0.153. The number of urea groups is 1. The summed E-state index contributed by atoms with van der Waals surface area (Å²) < 4.78 is 41.5. The molecule has 0 atom stereocenters. The minimum atomic E-state index is -4.40. The topological polar surface area (TPSA) is 58.6 Å². The van der Waals surface area contributed by atoms with Crippen LogP contribution in [0.5, 0.6) is 5.75 Å². The van der Waals surface area contributed by atoms with Gasteiger partial charge in [0.25, 0.3) is 0 Å². The molecule has 1 aliphatic rings. The Hall–Kier alpha value is -3.03. The number of hydrogen-bond acceptors (Lipinski definition) is 3. The van der Waals surface area contributed by atoms with Crippen molar-refractivity contribution >= 4 is 11.8 Å². The van der Waals surface area contributed by atoms with Crippen molar-refractivity contribution in [1.82, 2.24) is 10.2 Å². The molecule has 0 aromatic heterocycles. The third-order valence-electron chi connectivity index (χ3n) is 4.96. The summed E-state index contributed by atoms with van der Waals surface area (Å²) in [4.78, 5) is 26.6. The number of hydrogen-bond donors (Lipinski definition) is 1. The second-order valence-electron chi connectivity index (χ2n) is 7.20. The van der Waals surface area contributed by atoms with E-state index in [9.17, 15) is 22.8 Å². The summed E-state index contributed by atoms with van der Waals surface area (Å²) in [5.74, 6) is 0.101. The van der Waals surface area contributed by atoms with Gasteiger partial charge in [0.15, 0.2) is 12.4 Å². The van der Waals surface area contributed by atoms with Gasteiger partial charge in [0.05, 0.1) is 0 Å². The SMILES string of the molecule is O=C(c1ccccc1)C1CCN(C(=O)NCc2cccc(OCC(F)(F)F)c2)CC1. The van der Waals surface area contributed by atoms with E-state index in [0.717, 1.165) is 0 Å². The fourth-order valence-electron chi connectivity index (χ4n) is 3.38. The van der Waals surface area contributed by atoms with Crippen molar-refractivity contribution in [2.24, 2.45) is 5.92 Å². The zero-order chi connectivity index (χ0) is 21.6. The molecular formula is C22H23F3N2O3. The van der Waals surface area contributed by atoms with Crippen molar-refractivity contribution in [2.45, 2.75) is 25.6 Å². The van der Waals surface area contributed by atoms with Gasteiger partial charge in [-0.3, -0.25) is 4.79 Å². The number of amides is 2. The van der Waals surface area contributed by atoms with Crippen molar-refractivity contribution in [3.8, 4) is 5.75 Å². The van der Waals surface area contributed by atoms with Gasteiger partial charge in [0, 0.05) is 31.1 Å². The van der Waals surface area contributed by atoms with Crippen LogP contribution in [-0.4, -0.2) is 42.6 Å². The summed E-state index contributed by atoms with van der Waals surface area (Å²) in [6.45, 7) is -0.238. The van der Waals surface area contributed by atoms with E-state index in [1.54, 1.807) is 29.2 Å². The number of carbonyl (C=O) groups is 2. The number of ether oxygens (including phenoxy) is 1. The maximum atomic E-state index is 12.5. The minimum absolute atomic E-state index is 0.0966. The minimum Gasteiger partial charge on any atom is -0.484 e. The highest BCUT2D eigenvalue weighted by Gasteiger charge is 2.29. The smallest absolute Gasteiger partial charge is 0.422 e. The summed E-state index contributed by atoms with van der Waals surface area (Å²) in [7, 11) is 0. The molecule has 0 aliphatic carbocycles. The second kappa shape index (κ2) is 9.65. The van der Waals surface area contributed by atoms with E-state index in [0.29, 0.717) is 37.1 Å². The Bertz CT molecular complexity index is 863. The van der Waals surface area contributed by atoms with Gasteiger partial charge in [-0.1, -0.05) is 42.5 Å². The molecule has 0 saturated carbocycles. The Morgan fingerprint density at radius 1 is 1.03 bits per heavy atom. The molecule has 1 saturated heterocycles. The first-order chi connectivity index (χ1) is 14.3. The molecule has 1 fully saturated rings. The van der Waals surface area contributed by atoms with E-state index in [1.165, 1.54) is 12.1 Å². The van der Waals surface area contributed by atoms with Gasteiger partial charge >= 0.3 is 12.2 Å². The first-order valence-corrected chi connectivity index (χ1v) is 9.72. The lowest BCUT2D eigenvalue weighted by atomic mass is 9.89. The summed E-state index contributed by atoms with van der Waals surface area (Å²) in [5.41, 5.74) is 1.32. The first-order valence-electron chi connectivity index (χ1n) is 9.72. The number of likely N-dealkylation sites (tertiary alicyclic amines) is 1. The number of ketones is 1. The second-order valence-corrected chi connectivity index (χ2v) is 7.20. The fraction of sp³-hybridized carbons (Fsp3) is 0.364. The highest BCUT2D eigenvalue weighted by Crippen LogP contribution is 2.22. The van der Waals surface area contributed by atoms with Gasteiger partial charge < -0.3 is 15.0 Å². The standard InChI is InChI=1S/C22H23F3N2O3/c23-22(24,25)15-30-19-8-4-5-16(13-19)14-26-21(29)27-11-9-18(10-12-27)20(28)17-6-2-1-3-7-17/h1-8,13,18H,9-12,14-15H2,(H,26,29). The number of piperidine rings is 1. The maximum absolute atomic E-state index is 12.5. The average Bonchev–Trinajstić information content (AvgIpc) is 2.76. The molecule has 1 heterocycles. The fourth-order valence-corrected chi connectivity index (χ4v) is 3.38. The van der Waals surface area contributed by atoms with Crippen LogP contribution in [0.25, 0.3) is 0 Å². The lowest BCUT2D eigenvalue weighted by Gasteiger charge is -2.31. The van der Waals surface area contributed by atoms with Crippen LogP contribution in [0.3, 0.4) is 0 Å². The number of nitrogens with one attached hydrogen (secondary N) is 1. The quantitative estimate of drug-likeness (QED) is 0.704. The van der Waals surface area contributed by atoms with E-state index >= 15 is 0 Å². The Balaban J connectivity index is 1.46. The van der Waals surface area contributed by atoms with Gasteiger partial charge in [-0.25, -0.2) is 4.79 Å². The molecule has 30 heavy (non-hydrogen) atoms. The number of rotatable bonds is 6. The van der Waals surface area contributed by atoms with Crippen LogP contribution < -0.4 is 10.1 Å². The molecule has 0 bridgehead atoms. The number of Topliss-reactive ketones (excluding diaryl/α,β-unsaturated/α-hetero) is 1. The Labute approximate surface area is 172 Å². The van der Waals surface area contributed by atoms with Gasteiger partial charge in [-0.05, 0) is 30.5 Å². The van der Waals surface area contributed by atoms with E-state index in [-0.39, 0.29) is 30.0 Å². The molecule has 5 nitrogen and oxygen atoms in total. The molecule has 3 rings (SSSR count). The predicted molar refractivity (Wildman–Crippen MR) is 105 cm³/mol. The molecule has 0 radical (unpaired) electrons. The normalized spacial score (nSPS) is 15.0. The first kappa shape index (κ1) is 21.7. The van der Waals surface area contributed by atoms with Gasteiger partial charge in [0.1, 0.15) is 5.75 Å². The van der Waals surface area contributed by atoms with Crippen LogP contribution in [0.4, 0.5) is 18.0 Å². The molecule has 1 aliphatic heterocycles. The molecule has 1 N–H and O–H groups in total. The lowest BCUT2D eigenvalue weighted by Crippen LogP contribution is -2.45. The van der Waals surface area contributed by atoms with E-state index in [4.69, 9.17) is 4.74 Å². The summed E-state index contributed by atoms with van der Waals surface area (Å²) >= 11 is 0. The highest BCUT2D eigenvalue weighted by atomic mass is 19.4. The molecule has 2 amide bonds. The molecular weight excluding hydrogens is 397 g/mol. The monoisotopic (exact) mass is 420 g/mol. The van der Waals surface area contributed by atoms with Crippen LogP contribution in [0.15, 0.2) is 54.6 Å². The molecule has 0 unspecified atom stereocenters. The maximum Gasteiger partial charge on any atom is 0.422 e. The molecule has 8 heteroatoms. The zero-order valence-corrected chi connectivity index (χ0v) is 16.3.